The van der Waals surface area contributed by atoms with Gasteiger partial charge in [-0.15, -0.1) is 10.2 Å². The molecule has 21 heavy (non-hydrogen) atoms. The summed E-state index contributed by atoms with van der Waals surface area (Å²) in [7, 11) is 0. The van der Waals surface area contributed by atoms with Crippen molar-refractivity contribution in [3.8, 4) is 0 Å². The van der Waals surface area contributed by atoms with E-state index in [9.17, 15) is 0 Å². The van der Waals surface area contributed by atoms with E-state index >= 15 is 0 Å². The van der Waals surface area contributed by atoms with E-state index in [1.54, 1.807) is 0 Å². The minimum atomic E-state index is 0.182. The maximum absolute atomic E-state index is 6.12. The molecule has 0 saturated heterocycles. The Bertz CT molecular complexity index is 628. The van der Waals surface area contributed by atoms with Crippen molar-refractivity contribution >= 4 is 23.2 Å². The van der Waals surface area contributed by atoms with Gasteiger partial charge in [0.15, 0.2) is 10.3 Å². The van der Waals surface area contributed by atoms with Crippen molar-refractivity contribution < 1.29 is 0 Å². The van der Waals surface area contributed by atoms with Crippen molar-refractivity contribution in [2.24, 2.45) is 0 Å². The van der Waals surface area contributed by atoms with Gasteiger partial charge < -0.3 is 0 Å². The number of aryl methyl sites for hydroxylation is 1. The average molecular weight is 323 g/mol. The molecule has 1 aromatic heterocycles. The number of hydrogen-bond acceptors (Lipinski definition) is 2. The number of rotatable bonds is 3. The van der Waals surface area contributed by atoms with E-state index < -0.39 is 0 Å². The molecule has 4 heteroatoms. The molecule has 0 spiro atoms. The van der Waals surface area contributed by atoms with Crippen LogP contribution in [-0.4, -0.2) is 10.2 Å². The van der Waals surface area contributed by atoms with E-state index in [0.717, 1.165) is 24.0 Å². The van der Waals surface area contributed by atoms with E-state index in [1.165, 1.54) is 11.1 Å². The van der Waals surface area contributed by atoms with Crippen molar-refractivity contribution in [1.82, 2.24) is 10.2 Å². The number of hydrogen-bond donors (Lipinski definition) is 0. The number of aromatic nitrogens is 2. The van der Waals surface area contributed by atoms with Crippen LogP contribution in [0, 0.1) is 6.92 Å². The van der Waals surface area contributed by atoms with E-state index in [2.05, 4.69) is 55.2 Å². The third kappa shape index (κ3) is 3.96. The molecule has 0 unspecified atom stereocenters. The second-order valence-corrected chi connectivity index (χ2v) is 7.05. The topological polar surface area (TPSA) is 25.8 Å². The lowest BCUT2D eigenvalue weighted by molar-refractivity contribution is 0.590. The summed E-state index contributed by atoms with van der Waals surface area (Å²) >= 11 is 12.1. The van der Waals surface area contributed by atoms with Gasteiger partial charge in [0, 0.05) is 0 Å². The smallest absolute Gasteiger partial charge is 0.137 e. The molecule has 0 aliphatic carbocycles. The van der Waals surface area contributed by atoms with Crippen molar-refractivity contribution in [1.29, 1.82) is 0 Å². The molecule has 1 heterocycles. The molecule has 0 amide bonds. The van der Waals surface area contributed by atoms with Crippen LogP contribution in [0.25, 0.3) is 0 Å². The van der Waals surface area contributed by atoms with Crippen LogP contribution in [0.5, 0.6) is 0 Å². The minimum absolute atomic E-state index is 0.182. The summed E-state index contributed by atoms with van der Waals surface area (Å²) in [4.78, 5) is 0. The molecule has 2 aromatic rings. The fourth-order valence-electron chi connectivity index (χ4n) is 2.23. The second-order valence-electron chi connectivity index (χ2n) is 6.33. The Morgan fingerprint density at radius 3 is 2.05 bits per heavy atom. The Morgan fingerprint density at radius 1 is 0.905 bits per heavy atom. The number of halogens is 2. The highest BCUT2D eigenvalue weighted by Gasteiger charge is 2.13. The van der Waals surface area contributed by atoms with Crippen LogP contribution in [0.3, 0.4) is 0 Å². The standard InChI is InChI=1S/C17H20Cl2N2/c1-11-14(16(19)21-20-15(11)18)10-7-12-5-8-13(9-6-12)17(2,3)4/h5-6,8-9H,7,10H2,1-4H3. The SMILES string of the molecule is Cc1c(Cl)nnc(Cl)c1CCc1ccc(C(C)(C)C)cc1. The molecule has 0 saturated carbocycles. The third-order valence-corrected chi connectivity index (χ3v) is 4.38. The maximum Gasteiger partial charge on any atom is 0.155 e. The van der Waals surface area contributed by atoms with Gasteiger partial charge in [-0.1, -0.05) is 68.2 Å². The molecule has 2 rings (SSSR count). The van der Waals surface area contributed by atoms with Gasteiger partial charge in [-0.05, 0) is 47.4 Å². The van der Waals surface area contributed by atoms with Crippen LogP contribution in [0.1, 0.15) is 43.0 Å². The number of benzene rings is 1. The van der Waals surface area contributed by atoms with Crippen LogP contribution in [0.4, 0.5) is 0 Å². The fraction of sp³-hybridized carbons (Fsp3) is 0.412. The predicted octanol–water partition coefficient (Wildman–Crippen LogP) is 5.17. The summed E-state index contributed by atoms with van der Waals surface area (Å²) in [5.41, 5.74) is 4.71. The van der Waals surface area contributed by atoms with Gasteiger partial charge in [0.25, 0.3) is 0 Å². The highest BCUT2D eigenvalue weighted by atomic mass is 35.5. The first-order chi connectivity index (χ1) is 9.79. The van der Waals surface area contributed by atoms with Gasteiger partial charge >= 0.3 is 0 Å². The first-order valence-electron chi connectivity index (χ1n) is 7.05. The maximum atomic E-state index is 6.12. The molecular formula is C17H20Cl2N2. The molecule has 2 nitrogen and oxygen atoms in total. The van der Waals surface area contributed by atoms with Crippen LogP contribution < -0.4 is 0 Å². The van der Waals surface area contributed by atoms with E-state index in [1.807, 2.05) is 6.92 Å². The van der Waals surface area contributed by atoms with Gasteiger partial charge in [-0.3, -0.25) is 0 Å². The van der Waals surface area contributed by atoms with Crippen molar-refractivity contribution in [2.45, 2.75) is 46.0 Å². The summed E-state index contributed by atoms with van der Waals surface area (Å²) in [5.74, 6) is 0. The Hall–Kier alpha value is -1.12. The van der Waals surface area contributed by atoms with Crippen LogP contribution in [0.15, 0.2) is 24.3 Å². The molecule has 0 aliphatic rings. The third-order valence-electron chi connectivity index (χ3n) is 3.72. The summed E-state index contributed by atoms with van der Waals surface area (Å²) < 4.78 is 0. The first-order valence-corrected chi connectivity index (χ1v) is 7.81. The zero-order valence-corrected chi connectivity index (χ0v) is 14.4. The quantitative estimate of drug-likeness (QED) is 0.778. The first kappa shape index (κ1) is 16.3. The average Bonchev–Trinajstić information content (AvgIpc) is 2.43. The lowest BCUT2D eigenvalue weighted by Crippen LogP contribution is -2.10. The molecule has 0 bridgehead atoms. The molecular weight excluding hydrogens is 303 g/mol. The Balaban J connectivity index is 2.12. The summed E-state index contributed by atoms with van der Waals surface area (Å²) in [6.45, 7) is 8.59. The Morgan fingerprint density at radius 2 is 1.48 bits per heavy atom. The summed E-state index contributed by atoms with van der Waals surface area (Å²) in [6.07, 6.45) is 1.72. The van der Waals surface area contributed by atoms with E-state index in [-0.39, 0.29) is 5.41 Å². The molecule has 0 N–H and O–H groups in total. The lowest BCUT2D eigenvalue weighted by Gasteiger charge is -2.19. The summed E-state index contributed by atoms with van der Waals surface area (Å²) in [5, 5.41) is 8.57. The molecule has 0 aliphatic heterocycles. The molecule has 0 fully saturated rings. The van der Waals surface area contributed by atoms with Crippen molar-refractivity contribution in [2.75, 3.05) is 0 Å². The fourth-order valence-corrected chi connectivity index (χ4v) is 2.66. The van der Waals surface area contributed by atoms with Gasteiger partial charge in [0.2, 0.25) is 0 Å². The lowest BCUT2D eigenvalue weighted by atomic mass is 9.86. The predicted molar refractivity (Wildman–Crippen MR) is 89.3 cm³/mol. The zero-order chi connectivity index (χ0) is 15.6. The van der Waals surface area contributed by atoms with Gasteiger partial charge in [-0.2, -0.15) is 0 Å². The number of nitrogens with zero attached hydrogens (tertiary/aromatic N) is 2. The van der Waals surface area contributed by atoms with Crippen LogP contribution in [-0.2, 0) is 18.3 Å². The highest BCUT2D eigenvalue weighted by molar-refractivity contribution is 6.32. The highest BCUT2D eigenvalue weighted by Crippen LogP contribution is 2.25. The Labute approximate surface area is 136 Å². The van der Waals surface area contributed by atoms with Gasteiger partial charge in [-0.25, -0.2) is 0 Å². The summed E-state index contributed by atoms with van der Waals surface area (Å²) in [6, 6.07) is 8.75. The van der Waals surface area contributed by atoms with Crippen molar-refractivity contribution in [3.63, 3.8) is 0 Å². The monoisotopic (exact) mass is 322 g/mol. The normalized spacial score (nSPS) is 11.7. The van der Waals surface area contributed by atoms with Gasteiger partial charge in [0.1, 0.15) is 0 Å². The van der Waals surface area contributed by atoms with Crippen LogP contribution >= 0.6 is 23.2 Å². The zero-order valence-electron chi connectivity index (χ0n) is 12.9. The molecule has 1 aromatic carbocycles. The van der Waals surface area contributed by atoms with Crippen LogP contribution in [0.2, 0.25) is 10.3 Å². The minimum Gasteiger partial charge on any atom is -0.137 e. The largest absolute Gasteiger partial charge is 0.155 e. The molecule has 0 atom stereocenters. The van der Waals surface area contributed by atoms with Gasteiger partial charge in [0.05, 0.1) is 0 Å². The molecule has 112 valence electrons. The van der Waals surface area contributed by atoms with E-state index in [0.29, 0.717) is 10.3 Å². The Kier molecular flexibility index (Phi) is 4.90. The van der Waals surface area contributed by atoms with Crippen molar-refractivity contribution in [3.05, 3.63) is 56.8 Å². The van der Waals surface area contributed by atoms with E-state index in [4.69, 9.17) is 23.2 Å². The molecule has 0 radical (unpaired) electrons. The second kappa shape index (κ2) is 6.33.